The number of aromatic nitrogens is 3. The van der Waals surface area contributed by atoms with Crippen LogP contribution in [-0.2, 0) is 17.1 Å². The third-order valence-corrected chi connectivity index (χ3v) is 6.95. The molecule has 0 aliphatic rings. The molecule has 0 spiro atoms. The number of carbonyl (C=O) groups is 1. The van der Waals surface area contributed by atoms with Crippen LogP contribution in [0.1, 0.15) is 11.4 Å². The Bertz CT molecular complexity index is 1390. The molecule has 0 bridgehead atoms. The van der Waals surface area contributed by atoms with Crippen molar-refractivity contribution >= 4 is 61.1 Å². The second kappa shape index (κ2) is 8.76. The van der Waals surface area contributed by atoms with Crippen LogP contribution in [0.2, 0.25) is 0 Å². The van der Waals surface area contributed by atoms with Crippen LogP contribution in [0.4, 0.5) is 10.8 Å². The Balaban J connectivity index is 1.61. The van der Waals surface area contributed by atoms with Crippen molar-refractivity contribution in [2.24, 2.45) is 0 Å². The largest absolute Gasteiger partial charge is 0.318 e. The van der Waals surface area contributed by atoms with E-state index in [9.17, 15) is 4.79 Å². The predicted molar refractivity (Wildman–Crippen MR) is 135 cm³/mol. The lowest BCUT2D eigenvalue weighted by atomic mass is 10.2. The Morgan fingerprint density at radius 3 is 2.47 bits per heavy atom. The van der Waals surface area contributed by atoms with E-state index >= 15 is 0 Å². The van der Waals surface area contributed by atoms with Gasteiger partial charge in [-0.05, 0) is 49.1 Å². The SMILES string of the molecule is CSCc1nc2ccccc2n1CC(=O)N(c1nc2ccccc2s1)c1ccccc1C. The van der Waals surface area contributed by atoms with E-state index in [1.54, 1.807) is 16.7 Å². The average molecular weight is 459 g/mol. The summed E-state index contributed by atoms with van der Waals surface area (Å²) in [4.78, 5) is 25.2. The van der Waals surface area contributed by atoms with Gasteiger partial charge in [-0.2, -0.15) is 11.8 Å². The van der Waals surface area contributed by atoms with E-state index in [1.165, 1.54) is 11.3 Å². The first-order chi connectivity index (χ1) is 15.7. The predicted octanol–water partition coefficient (Wildman–Crippen LogP) is 6.18. The van der Waals surface area contributed by atoms with E-state index < -0.39 is 0 Å². The number of thiazole rings is 1. The van der Waals surface area contributed by atoms with Crippen LogP contribution in [0.15, 0.2) is 72.8 Å². The highest BCUT2D eigenvalue weighted by Crippen LogP contribution is 2.35. The number of thioether (sulfide) groups is 1. The minimum atomic E-state index is -0.0381. The summed E-state index contributed by atoms with van der Waals surface area (Å²) in [6, 6.07) is 23.9. The molecular weight excluding hydrogens is 436 g/mol. The van der Waals surface area contributed by atoms with Crippen molar-refractivity contribution < 1.29 is 4.79 Å². The van der Waals surface area contributed by atoms with E-state index in [0.717, 1.165) is 44.1 Å². The van der Waals surface area contributed by atoms with Gasteiger partial charge in [-0.25, -0.2) is 9.97 Å². The second-order valence-electron chi connectivity index (χ2n) is 7.52. The van der Waals surface area contributed by atoms with Crippen molar-refractivity contribution in [1.29, 1.82) is 0 Å². The molecule has 0 unspecified atom stereocenters. The van der Waals surface area contributed by atoms with Crippen LogP contribution in [0.5, 0.6) is 0 Å². The highest BCUT2D eigenvalue weighted by Gasteiger charge is 2.25. The number of aryl methyl sites for hydroxylation is 1. The van der Waals surface area contributed by atoms with E-state index in [2.05, 4.69) is 0 Å². The molecule has 0 atom stereocenters. The molecule has 7 heteroatoms. The number of imidazole rings is 1. The molecule has 0 saturated carbocycles. The first-order valence-electron chi connectivity index (χ1n) is 10.3. The molecule has 0 aliphatic carbocycles. The summed E-state index contributed by atoms with van der Waals surface area (Å²) in [6.45, 7) is 2.22. The normalized spacial score (nSPS) is 11.3. The number of benzene rings is 3. The summed E-state index contributed by atoms with van der Waals surface area (Å²) in [5, 5.41) is 0.682. The van der Waals surface area contributed by atoms with Gasteiger partial charge in [0.05, 0.1) is 32.7 Å². The Morgan fingerprint density at radius 2 is 1.69 bits per heavy atom. The number of hydrogen-bond donors (Lipinski definition) is 0. The standard InChI is InChI=1S/C25H22N4OS2/c1-17-9-3-6-12-20(17)29(25-27-19-11-5-8-14-22(19)32-25)24(30)15-28-21-13-7-4-10-18(21)26-23(28)16-31-2/h3-14H,15-16H2,1-2H3. The second-order valence-corrected chi connectivity index (χ2v) is 9.39. The maximum atomic E-state index is 13.9. The average Bonchev–Trinajstić information content (AvgIpc) is 3.37. The van der Waals surface area contributed by atoms with E-state index in [0.29, 0.717) is 5.13 Å². The Kier molecular flexibility index (Phi) is 5.68. The molecule has 0 N–H and O–H groups in total. The van der Waals surface area contributed by atoms with Gasteiger partial charge < -0.3 is 4.57 Å². The van der Waals surface area contributed by atoms with Gasteiger partial charge in [-0.3, -0.25) is 9.69 Å². The zero-order valence-electron chi connectivity index (χ0n) is 17.9. The van der Waals surface area contributed by atoms with Gasteiger partial charge in [0.15, 0.2) is 5.13 Å². The van der Waals surface area contributed by atoms with Crippen molar-refractivity contribution in [3.05, 3.63) is 84.2 Å². The fourth-order valence-corrected chi connectivity index (χ4v) is 5.34. The maximum absolute atomic E-state index is 13.9. The van der Waals surface area contributed by atoms with Crippen LogP contribution in [0, 0.1) is 6.92 Å². The summed E-state index contributed by atoms with van der Waals surface area (Å²) in [5.74, 6) is 1.61. The number of rotatable bonds is 6. The summed E-state index contributed by atoms with van der Waals surface area (Å²) >= 11 is 3.23. The first kappa shape index (κ1) is 20.7. The van der Waals surface area contributed by atoms with Crippen LogP contribution < -0.4 is 4.90 Å². The fraction of sp³-hybridized carbons (Fsp3) is 0.160. The highest BCUT2D eigenvalue weighted by molar-refractivity contribution is 7.97. The Morgan fingerprint density at radius 1 is 0.969 bits per heavy atom. The fourth-order valence-electron chi connectivity index (χ4n) is 3.86. The molecule has 0 radical (unpaired) electrons. The number of fused-ring (bicyclic) bond motifs is 2. The van der Waals surface area contributed by atoms with Crippen molar-refractivity contribution in [3.63, 3.8) is 0 Å². The quantitative estimate of drug-likeness (QED) is 0.305. The molecule has 0 aliphatic heterocycles. The molecule has 5 aromatic rings. The third-order valence-electron chi connectivity index (χ3n) is 5.38. The minimum absolute atomic E-state index is 0.0381. The van der Waals surface area contributed by atoms with Crippen LogP contribution >= 0.6 is 23.1 Å². The monoisotopic (exact) mass is 458 g/mol. The lowest BCUT2D eigenvalue weighted by Gasteiger charge is -2.22. The highest BCUT2D eigenvalue weighted by atomic mass is 32.2. The summed E-state index contributed by atoms with van der Waals surface area (Å²) in [6.07, 6.45) is 2.05. The van der Waals surface area contributed by atoms with E-state index in [4.69, 9.17) is 9.97 Å². The van der Waals surface area contributed by atoms with Crippen molar-refractivity contribution in [2.45, 2.75) is 19.2 Å². The van der Waals surface area contributed by atoms with Crippen molar-refractivity contribution in [3.8, 4) is 0 Å². The van der Waals surface area contributed by atoms with Gasteiger partial charge in [-0.15, -0.1) is 0 Å². The maximum Gasteiger partial charge on any atom is 0.253 e. The Hall–Kier alpha value is -3.16. The minimum Gasteiger partial charge on any atom is -0.318 e. The molecule has 0 saturated heterocycles. The molecular formula is C25H22N4OS2. The van der Waals surface area contributed by atoms with Crippen molar-refractivity contribution in [1.82, 2.24) is 14.5 Å². The van der Waals surface area contributed by atoms with E-state index in [1.807, 2.05) is 90.5 Å². The molecule has 5 nitrogen and oxygen atoms in total. The summed E-state index contributed by atoms with van der Waals surface area (Å²) in [5.41, 5.74) is 4.66. The van der Waals surface area contributed by atoms with Gasteiger partial charge in [0.25, 0.3) is 5.91 Å². The van der Waals surface area contributed by atoms with Crippen LogP contribution in [-0.4, -0.2) is 26.7 Å². The van der Waals surface area contributed by atoms with Crippen LogP contribution in [0.3, 0.4) is 0 Å². The zero-order valence-corrected chi connectivity index (χ0v) is 19.5. The summed E-state index contributed by atoms with van der Waals surface area (Å²) in [7, 11) is 0. The molecule has 2 aromatic heterocycles. The molecule has 1 amide bonds. The van der Waals surface area contributed by atoms with Crippen LogP contribution in [0.25, 0.3) is 21.3 Å². The number of para-hydroxylation sites is 4. The van der Waals surface area contributed by atoms with Gasteiger partial charge >= 0.3 is 0 Å². The third kappa shape index (κ3) is 3.78. The molecule has 0 fully saturated rings. The number of amides is 1. The molecule has 5 rings (SSSR count). The topological polar surface area (TPSA) is 51.0 Å². The van der Waals surface area contributed by atoms with Crippen molar-refractivity contribution in [2.75, 3.05) is 11.2 Å². The zero-order chi connectivity index (χ0) is 22.1. The lowest BCUT2D eigenvalue weighted by Crippen LogP contribution is -2.30. The molecule has 2 heterocycles. The number of anilines is 2. The first-order valence-corrected chi connectivity index (χ1v) is 12.5. The smallest absolute Gasteiger partial charge is 0.253 e. The summed E-state index contributed by atoms with van der Waals surface area (Å²) < 4.78 is 3.09. The number of nitrogens with zero attached hydrogens (tertiary/aromatic N) is 4. The number of hydrogen-bond acceptors (Lipinski definition) is 5. The lowest BCUT2D eigenvalue weighted by molar-refractivity contribution is -0.118. The number of carbonyl (C=O) groups excluding carboxylic acids is 1. The molecule has 160 valence electrons. The van der Waals surface area contributed by atoms with Gasteiger partial charge in [-0.1, -0.05) is 53.8 Å². The molecule has 3 aromatic carbocycles. The molecule has 32 heavy (non-hydrogen) atoms. The van der Waals surface area contributed by atoms with Gasteiger partial charge in [0.2, 0.25) is 0 Å². The van der Waals surface area contributed by atoms with Gasteiger partial charge in [0, 0.05) is 0 Å². The van der Waals surface area contributed by atoms with E-state index in [-0.39, 0.29) is 12.5 Å². The Labute approximate surface area is 194 Å². The van der Waals surface area contributed by atoms with Gasteiger partial charge in [0.1, 0.15) is 12.4 Å².